The monoisotopic (exact) mass is 303 g/mol. The highest BCUT2D eigenvalue weighted by molar-refractivity contribution is 5.91. The van der Waals surface area contributed by atoms with Crippen LogP contribution >= 0.6 is 0 Å². The second kappa shape index (κ2) is 5.63. The molecule has 0 bridgehead atoms. The fourth-order valence-corrected chi connectivity index (χ4v) is 2.09. The van der Waals surface area contributed by atoms with Crippen LogP contribution in [-0.4, -0.2) is 31.1 Å². The van der Waals surface area contributed by atoms with E-state index in [2.05, 4.69) is 21.6 Å². The number of hydrogen-bond donors (Lipinski definition) is 2. The number of carbonyl (C=O) groups is 2. The summed E-state index contributed by atoms with van der Waals surface area (Å²) in [5, 5.41) is 6.98. The highest BCUT2D eigenvalue weighted by Gasteiger charge is 2.33. The number of nitrogens with one attached hydrogen (secondary N) is 1. The summed E-state index contributed by atoms with van der Waals surface area (Å²) in [5.41, 5.74) is 5.12. The highest BCUT2D eigenvalue weighted by atomic mass is 16.2. The number of carbonyl (C=O) groups excluding carboxylic acids is 2. The van der Waals surface area contributed by atoms with Gasteiger partial charge in [0.15, 0.2) is 5.82 Å². The van der Waals surface area contributed by atoms with Crippen LogP contribution in [0.5, 0.6) is 0 Å². The minimum absolute atomic E-state index is 0.00539. The first-order valence-corrected chi connectivity index (χ1v) is 6.78. The van der Waals surface area contributed by atoms with E-state index in [9.17, 15) is 9.59 Å². The largest absolute Gasteiger partial charge is 0.363 e. The van der Waals surface area contributed by atoms with Crippen molar-refractivity contribution in [2.45, 2.75) is 32.4 Å². The molecular weight excluding hydrogens is 284 g/mol. The van der Waals surface area contributed by atoms with Crippen LogP contribution in [0, 0.1) is 6.20 Å². The van der Waals surface area contributed by atoms with Gasteiger partial charge < -0.3 is 15.6 Å². The fraction of sp³-hybridized carbons (Fsp3) is 0.429. The lowest BCUT2D eigenvalue weighted by molar-refractivity contribution is -0.129. The van der Waals surface area contributed by atoms with Gasteiger partial charge in [0.05, 0.1) is 12.2 Å². The number of hydrogen-bond acceptors (Lipinski definition) is 4. The first-order chi connectivity index (χ1) is 10.2. The van der Waals surface area contributed by atoms with Crippen LogP contribution in [0.1, 0.15) is 43.0 Å². The standard InChI is InChI=1S/C14H19N6O2/c1-9(10-7-17-19(4)8-10)18-13(22)14(2,3)20-6-5-16-12(20)11(15)21/h6-9H,1-4H3,(H2,15,21)(H,18,22). The lowest BCUT2D eigenvalue weighted by Crippen LogP contribution is -2.46. The number of imidazole rings is 1. The van der Waals surface area contributed by atoms with Gasteiger partial charge in [-0.05, 0) is 20.8 Å². The van der Waals surface area contributed by atoms with Gasteiger partial charge >= 0.3 is 0 Å². The highest BCUT2D eigenvalue weighted by Crippen LogP contribution is 2.20. The van der Waals surface area contributed by atoms with E-state index < -0.39 is 11.4 Å². The molecule has 0 saturated heterocycles. The Bertz CT molecular complexity index is 700. The van der Waals surface area contributed by atoms with Crippen LogP contribution < -0.4 is 11.1 Å². The molecule has 22 heavy (non-hydrogen) atoms. The van der Waals surface area contributed by atoms with Gasteiger partial charge in [-0.3, -0.25) is 14.3 Å². The zero-order valence-corrected chi connectivity index (χ0v) is 13.0. The van der Waals surface area contributed by atoms with E-state index in [0.717, 1.165) is 5.56 Å². The number of nitrogens with zero attached hydrogens (tertiary/aromatic N) is 4. The Morgan fingerprint density at radius 1 is 1.45 bits per heavy atom. The van der Waals surface area contributed by atoms with E-state index in [1.807, 2.05) is 20.2 Å². The molecule has 0 aliphatic rings. The predicted molar refractivity (Wildman–Crippen MR) is 78.7 cm³/mol. The number of aromatic nitrogens is 4. The van der Waals surface area contributed by atoms with Crippen molar-refractivity contribution in [3.63, 3.8) is 0 Å². The van der Waals surface area contributed by atoms with Crippen molar-refractivity contribution in [2.75, 3.05) is 0 Å². The van der Waals surface area contributed by atoms with E-state index in [-0.39, 0.29) is 17.8 Å². The van der Waals surface area contributed by atoms with Crippen molar-refractivity contribution in [1.29, 1.82) is 0 Å². The maximum Gasteiger partial charge on any atom is 0.284 e. The molecule has 117 valence electrons. The maximum absolute atomic E-state index is 12.6. The van der Waals surface area contributed by atoms with Gasteiger partial charge in [0.25, 0.3) is 5.91 Å². The van der Waals surface area contributed by atoms with Gasteiger partial charge in [-0.15, -0.1) is 0 Å². The molecule has 0 aromatic carbocycles. The summed E-state index contributed by atoms with van der Waals surface area (Å²) in [5.74, 6) is -0.977. The third-order valence-electron chi connectivity index (χ3n) is 3.54. The first-order valence-electron chi connectivity index (χ1n) is 6.78. The fourth-order valence-electron chi connectivity index (χ4n) is 2.09. The summed E-state index contributed by atoms with van der Waals surface area (Å²) in [4.78, 5) is 27.7. The second-order valence-corrected chi connectivity index (χ2v) is 5.63. The van der Waals surface area contributed by atoms with Gasteiger partial charge in [0.2, 0.25) is 5.91 Å². The van der Waals surface area contributed by atoms with E-state index >= 15 is 0 Å². The van der Waals surface area contributed by atoms with Gasteiger partial charge in [-0.2, -0.15) is 5.10 Å². The van der Waals surface area contributed by atoms with Gasteiger partial charge in [-0.25, -0.2) is 4.98 Å². The molecule has 1 radical (unpaired) electrons. The van der Waals surface area contributed by atoms with Crippen molar-refractivity contribution in [2.24, 2.45) is 12.8 Å². The number of amides is 2. The number of primary amides is 1. The molecule has 1 unspecified atom stereocenters. The molecule has 2 aromatic heterocycles. The average Bonchev–Trinajstić information content (AvgIpc) is 3.06. The van der Waals surface area contributed by atoms with Gasteiger partial charge in [0, 0.05) is 25.0 Å². The molecule has 0 saturated carbocycles. The summed E-state index contributed by atoms with van der Waals surface area (Å²) in [7, 11) is 1.81. The Hall–Kier alpha value is -2.64. The van der Waals surface area contributed by atoms with Crippen molar-refractivity contribution in [3.8, 4) is 0 Å². The molecule has 0 aliphatic carbocycles. The summed E-state index contributed by atoms with van der Waals surface area (Å²) >= 11 is 0. The Morgan fingerprint density at radius 2 is 2.14 bits per heavy atom. The van der Waals surface area contributed by atoms with Crippen LogP contribution in [0.3, 0.4) is 0 Å². The zero-order chi connectivity index (χ0) is 16.5. The van der Waals surface area contributed by atoms with E-state index in [1.165, 1.54) is 10.8 Å². The smallest absolute Gasteiger partial charge is 0.284 e. The zero-order valence-electron chi connectivity index (χ0n) is 13.0. The molecule has 2 aromatic rings. The van der Waals surface area contributed by atoms with E-state index in [1.54, 1.807) is 24.7 Å². The summed E-state index contributed by atoms with van der Waals surface area (Å²) < 4.78 is 3.08. The Kier molecular flexibility index (Phi) is 4.03. The molecule has 2 heterocycles. The molecule has 0 fully saturated rings. The topological polar surface area (TPSA) is 108 Å². The van der Waals surface area contributed by atoms with Crippen LogP contribution in [0.4, 0.5) is 0 Å². The quantitative estimate of drug-likeness (QED) is 0.818. The van der Waals surface area contributed by atoms with Crippen LogP contribution in [0.2, 0.25) is 0 Å². The Labute approximate surface area is 128 Å². The Balaban J connectivity index is 2.20. The maximum atomic E-state index is 12.6. The number of rotatable bonds is 5. The van der Waals surface area contributed by atoms with Crippen molar-refractivity contribution in [3.05, 3.63) is 36.2 Å². The second-order valence-electron chi connectivity index (χ2n) is 5.63. The number of aryl methyl sites for hydroxylation is 1. The molecule has 3 N–H and O–H groups in total. The molecule has 2 rings (SSSR count). The van der Waals surface area contributed by atoms with E-state index in [0.29, 0.717) is 0 Å². The van der Waals surface area contributed by atoms with Crippen LogP contribution in [-0.2, 0) is 17.4 Å². The third kappa shape index (κ3) is 2.85. The SMILES string of the molecule is CC(NC(=O)C(C)(C)n1c[c]nc1C(N)=O)c1cnn(C)c1. The lowest BCUT2D eigenvalue weighted by Gasteiger charge is -2.28. The molecule has 0 aliphatic heterocycles. The van der Waals surface area contributed by atoms with Crippen molar-refractivity contribution < 1.29 is 9.59 Å². The molecular formula is C14H19N6O2. The van der Waals surface area contributed by atoms with Crippen LogP contribution in [0.25, 0.3) is 0 Å². The Morgan fingerprint density at radius 3 is 2.68 bits per heavy atom. The van der Waals surface area contributed by atoms with Crippen LogP contribution in [0.15, 0.2) is 18.6 Å². The molecule has 2 amide bonds. The predicted octanol–water partition coefficient (Wildman–Crippen LogP) is 0.128. The summed E-state index contributed by atoms with van der Waals surface area (Å²) in [6.45, 7) is 5.22. The van der Waals surface area contributed by atoms with Gasteiger partial charge in [-0.1, -0.05) is 0 Å². The summed E-state index contributed by atoms with van der Waals surface area (Å²) in [6.07, 6.45) is 7.51. The van der Waals surface area contributed by atoms with Crippen molar-refractivity contribution >= 4 is 11.8 Å². The van der Waals surface area contributed by atoms with E-state index in [4.69, 9.17) is 5.73 Å². The molecule has 8 heteroatoms. The normalized spacial score (nSPS) is 12.9. The minimum atomic E-state index is -1.03. The lowest BCUT2D eigenvalue weighted by atomic mass is 10.0. The third-order valence-corrected chi connectivity index (χ3v) is 3.54. The molecule has 1 atom stereocenters. The first kappa shape index (κ1) is 15.7. The van der Waals surface area contributed by atoms with Gasteiger partial charge in [0.1, 0.15) is 11.7 Å². The van der Waals surface area contributed by atoms with Crippen molar-refractivity contribution in [1.82, 2.24) is 24.6 Å². The molecule has 8 nitrogen and oxygen atoms in total. The summed E-state index contributed by atoms with van der Waals surface area (Å²) in [6, 6.07) is -0.218. The minimum Gasteiger partial charge on any atom is -0.363 e. The average molecular weight is 303 g/mol. The number of nitrogens with two attached hydrogens (primary N) is 1. The molecule has 0 spiro atoms.